The van der Waals surface area contributed by atoms with Crippen LogP contribution in [0.2, 0.25) is 0 Å². The first kappa shape index (κ1) is 38.8. The van der Waals surface area contributed by atoms with Crippen LogP contribution in [0.15, 0.2) is 78.9 Å². The van der Waals surface area contributed by atoms with Gasteiger partial charge in [0.2, 0.25) is 0 Å². The van der Waals surface area contributed by atoms with Gasteiger partial charge in [-0.15, -0.1) is 11.3 Å². The molecule has 0 bridgehead atoms. The van der Waals surface area contributed by atoms with Crippen molar-refractivity contribution in [2.75, 3.05) is 11.9 Å². The molecular formula is C41H51N3O7S. The fourth-order valence-corrected chi connectivity index (χ4v) is 6.93. The molecule has 3 aromatic carbocycles. The highest BCUT2D eigenvalue weighted by Crippen LogP contribution is 2.31. The van der Waals surface area contributed by atoms with Crippen LogP contribution in [-0.2, 0) is 36.9 Å². The SMILES string of the molecule is CC(C)CO[C@H](C)ONC(=O)c1cc2ccc(CNc3cccc(CN(C(=O)OC(C)(C)C)C(C(=O)OC4CCCC4)c4ccccc4)c3)cc2s1. The van der Waals surface area contributed by atoms with Crippen LogP contribution in [0.4, 0.5) is 10.5 Å². The number of nitrogens with zero attached hydrogens (tertiary/aromatic N) is 1. The molecule has 1 aromatic heterocycles. The van der Waals surface area contributed by atoms with Gasteiger partial charge in [0.05, 0.1) is 18.0 Å². The Labute approximate surface area is 310 Å². The highest BCUT2D eigenvalue weighted by Gasteiger charge is 2.37. The van der Waals surface area contributed by atoms with Gasteiger partial charge in [-0.05, 0) is 106 Å². The van der Waals surface area contributed by atoms with E-state index in [4.69, 9.17) is 19.0 Å². The summed E-state index contributed by atoms with van der Waals surface area (Å²) in [5.74, 6) is -0.414. The Morgan fingerprint density at radius 3 is 2.37 bits per heavy atom. The van der Waals surface area contributed by atoms with Crippen molar-refractivity contribution in [3.63, 3.8) is 0 Å². The zero-order valence-corrected chi connectivity index (χ0v) is 31.8. The topological polar surface area (TPSA) is 115 Å². The van der Waals surface area contributed by atoms with Gasteiger partial charge in [0, 0.05) is 16.9 Å². The van der Waals surface area contributed by atoms with E-state index in [0.717, 1.165) is 52.6 Å². The molecule has 278 valence electrons. The standard InChI is InChI=1S/C41H51N3O7S/c1-27(2)26-48-28(3)51-43-38(45)36-23-32-20-19-29(22-35(32)52-36)24-42-33-16-12-13-30(21-33)25-44(40(47)50-41(4,5)6)37(31-14-8-7-9-15-31)39(46)49-34-17-10-11-18-34/h7-9,12-16,19-23,27-28,34,37,42H,10-11,17-18,24-26H2,1-6H3,(H,43,45)/t28-,37?/m0/s1. The lowest BCUT2D eigenvalue weighted by atomic mass is 10.0. The van der Waals surface area contributed by atoms with Gasteiger partial charge in [-0.1, -0.05) is 68.4 Å². The van der Waals surface area contributed by atoms with Gasteiger partial charge in [0.15, 0.2) is 12.3 Å². The highest BCUT2D eigenvalue weighted by molar-refractivity contribution is 7.20. The van der Waals surface area contributed by atoms with E-state index in [9.17, 15) is 14.4 Å². The number of carbonyl (C=O) groups is 3. The molecule has 1 heterocycles. The number of thiophene rings is 1. The first-order valence-electron chi connectivity index (χ1n) is 18.0. The van der Waals surface area contributed by atoms with E-state index in [-0.39, 0.29) is 18.6 Å². The molecule has 1 aliphatic carbocycles. The van der Waals surface area contributed by atoms with E-state index in [1.807, 2.05) is 107 Å². The molecule has 2 atom stereocenters. The number of hydrogen-bond donors (Lipinski definition) is 2. The van der Waals surface area contributed by atoms with Crippen LogP contribution in [0.1, 0.15) is 99.6 Å². The fourth-order valence-electron chi connectivity index (χ4n) is 5.92. The summed E-state index contributed by atoms with van der Waals surface area (Å²) < 4.78 is 18.4. The summed E-state index contributed by atoms with van der Waals surface area (Å²) in [5, 5.41) is 4.45. The van der Waals surface area contributed by atoms with Crippen molar-refractivity contribution in [3.05, 3.63) is 100 Å². The second kappa shape index (κ2) is 17.9. The van der Waals surface area contributed by atoms with Crippen LogP contribution < -0.4 is 10.8 Å². The van der Waals surface area contributed by atoms with Crippen LogP contribution in [0.3, 0.4) is 0 Å². The molecular weight excluding hydrogens is 679 g/mol. The maximum atomic E-state index is 13.8. The zero-order chi connectivity index (χ0) is 37.3. The van der Waals surface area contributed by atoms with E-state index in [1.54, 1.807) is 6.92 Å². The van der Waals surface area contributed by atoms with Gasteiger partial charge in [-0.25, -0.2) is 19.9 Å². The molecule has 1 unspecified atom stereocenters. The van der Waals surface area contributed by atoms with Crippen molar-refractivity contribution >= 4 is 45.1 Å². The van der Waals surface area contributed by atoms with Gasteiger partial charge in [-0.3, -0.25) is 9.69 Å². The van der Waals surface area contributed by atoms with Gasteiger partial charge >= 0.3 is 12.1 Å². The minimum atomic E-state index is -0.981. The highest BCUT2D eigenvalue weighted by atomic mass is 32.1. The number of fused-ring (bicyclic) bond motifs is 1. The smallest absolute Gasteiger partial charge is 0.411 e. The first-order valence-corrected chi connectivity index (χ1v) is 18.8. The van der Waals surface area contributed by atoms with Crippen LogP contribution in [0, 0.1) is 5.92 Å². The Morgan fingerprint density at radius 2 is 1.65 bits per heavy atom. The lowest BCUT2D eigenvalue weighted by Crippen LogP contribution is -2.43. The third-order valence-electron chi connectivity index (χ3n) is 8.43. The third kappa shape index (κ3) is 11.3. The normalized spacial score (nSPS) is 14.6. The molecule has 0 aliphatic heterocycles. The Hall–Kier alpha value is -4.45. The summed E-state index contributed by atoms with van der Waals surface area (Å²) >= 11 is 1.39. The number of nitrogens with one attached hydrogen (secondary N) is 2. The zero-order valence-electron chi connectivity index (χ0n) is 31.0. The Balaban J connectivity index is 1.29. The van der Waals surface area contributed by atoms with Crippen LogP contribution in [-0.4, -0.2) is 47.5 Å². The molecule has 5 rings (SSSR count). The van der Waals surface area contributed by atoms with Gasteiger partial charge < -0.3 is 19.5 Å². The number of hydrogen-bond acceptors (Lipinski definition) is 9. The van der Waals surface area contributed by atoms with Crippen molar-refractivity contribution in [2.45, 2.75) is 104 Å². The van der Waals surface area contributed by atoms with Crippen molar-refractivity contribution < 1.29 is 33.4 Å². The fraction of sp³-hybridized carbons (Fsp3) is 0.439. The molecule has 11 heteroatoms. The van der Waals surface area contributed by atoms with Crippen LogP contribution in [0.25, 0.3) is 10.1 Å². The first-order chi connectivity index (χ1) is 24.8. The summed E-state index contributed by atoms with van der Waals surface area (Å²) in [7, 11) is 0. The molecule has 0 radical (unpaired) electrons. The Bertz CT molecular complexity index is 1800. The van der Waals surface area contributed by atoms with Crippen molar-refractivity contribution in [1.82, 2.24) is 10.4 Å². The number of anilines is 1. The molecule has 0 spiro atoms. The summed E-state index contributed by atoms with van der Waals surface area (Å²) in [5.41, 5.74) is 5.10. The minimum absolute atomic E-state index is 0.127. The number of esters is 1. The number of rotatable bonds is 15. The number of hydroxylamine groups is 1. The second-order valence-electron chi connectivity index (χ2n) is 14.6. The van der Waals surface area contributed by atoms with Gasteiger partial charge in [-0.2, -0.15) is 0 Å². The monoisotopic (exact) mass is 729 g/mol. The third-order valence-corrected chi connectivity index (χ3v) is 9.53. The van der Waals surface area contributed by atoms with E-state index >= 15 is 0 Å². The number of ether oxygens (including phenoxy) is 3. The molecule has 1 aliphatic rings. The van der Waals surface area contributed by atoms with Gasteiger partial charge in [0.25, 0.3) is 5.91 Å². The molecule has 10 nitrogen and oxygen atoms in total. The van der Waals surface area contributed by atoms with Crippen molar-refractivity contribution in [2.24, 2.45) is 5.92 Å². The average molecular weight is 730 g/mol. The van der Waals surface area contributed by atoms with Crippen LogP contribution in [0.5, 0.6) is 0 Å². The lowest BCUT2D eigenvalue weighted by molar-refractivity contribution is -0.163. The van der Waals surface area contributed by atoms with Crippen LogP contribution >= 0.6 is 11.3 Å². The molecule has 0 saturated heterocycles. The maximum Gasteiger partial charge on any atom is 0.411 e. The quantitative estimate of drug-likeness (QED) is 0.0708. The number of amides is 2. The largest absolute Gasteiger partial charge is 0.461 e. The lowest BCUT2D eigenvalue weighted by Gasteiger charge is -2.33. The van der Waals surface area contributed by atoms with E-state index < -0.39 is 30.0 Å². The number of benzene rings is 3. The molecule has 4 aromatic rings. The van der Waals surface area contributed by atoms with E-state index in [0.29, 0.717) is 29.5 Å². The Kier molecular flexibility index (Phi) is 13.3. The summed E-state index contributed by atoms with van der Waals surface area (Å²) in [6, 6.07) is 24.0. The minimum Gasteiger partial charge on any atom is -0.461 e. The molecule has 1 fully saturated rings. The average Bonchev–Trinajstić information content (AvgIpc) is 3.78. The van der Waals surface area contributed by atoms with E-state index in [1.165, 1.54) is 16.2 Å². The Morgan fingerprint density at radius 1 is 0.904 bits per heavy atom. The predicted octanol–water partition coefficient (Wildman–Crippen LogP) is 9.16. The summed E-state index contributed by atoms with van der Waals surface area (Å²) in [6.45, 7) is 12.5. The second-order valence-corrected chi connectivity index (χ2v) is 15.7. The van der Waals surface area contributed by atoms with E-state index in [2.05, 4.69) is 16.9 Å². The molecule has 2 N–H and O–H groups in total. The molecule has 2 amide bonds. The van der Waals surface area contributed by atoms with Gasteiger partial charge in [0.1, 0.15) is 11.7 Å². The van der Waals surface area contributed by atoms with Crippen molar-refractivity contribution in [3.8, 4) is 0 Å². The summed E-state index contributed by atoms with van der Waals surface area (Å²) in [4.78, 5) is 47.8. The molecule has 52 heavy (non-hydrogen) atoms. The number of carbonyl (C=O) groups excluding carboxylic acids is 3. The maximum absolute atomic E-state index is 13.8. The van der Waals surface area contributed by atoms with Crippen molar-refractivity contribution in [1.29, 1.82) is 0 Å². The predicted molar refractivity (Wildman–Crippen MR) is 204 cm³/mol. The molecule has 1 saturated carbocycles. The summed E-state index contributed by atoms with van der Waals surface area (Å²) in [6.07, 6.45) is 2.39.